The van der Waals surface area contributed by atoms with Gasteiger partial charge in [-0.3, -0.25) is 10.4 Å². The van der Waals surface area contributed by atoms with E-state index in [0.717, 1.165) is 18.7 Å². The van der Waals surface area contributed by atoms with Crippen LogP contribution < -0.4 is 19.9 Å². The van der Waals surface area contributed by atoms with Crippen LogP contribution in [0.15, 0.2) is 47.5 Å². The predicted octanol–water partition coefficient (Wildman–Crippen LogP) is 3.32. The summed E-state index contributed by atoms with van der Waals surface area (Å²) in [4.78, 5) is 22.6. The van der Waals surface area contributed by atoms with Crippen LogP contribution in [0.25, 0.3) is 0 Å². The average molecular weight is 586 g/mol. The number of carbonyl (C=O) groups excluding carboxylic acids is 1. The van der Waals surface area contributed by atoms with Crippen molar-refractivity contribution < 1.29 is 42.7 Å². The smallest absolute Gasteiger partial charge is 0.350 e. The predicted molar refractivity (Wildman–Crippen MR) is 147 cm³/mol. The molecule has 2 aromatic carbocycles. The largest absolute Gasteiger partial charge is 0.504 e. The van der Waals surface area contributed by atoms with Gasteiger partial charge in [0.1, 0.15) is 17.4 Å². The highest BCUT2D eigenvalue weighted by Crippen LogP contribution is 2.40. The number of aliphatic imine (C=N–C) groups is 1. The first-order valence-electron chi connectivity index (χ1n) is 12.8. The van der Waals surface area contributed by atoms with Crippen molar-refractivity contribution in [3.8, 4) is 34.8 Å². The van der Waals surface area contributed by atoms with Crippen molar-refractivity contribution in [1.82, 2.24) is 9.88 Å². The molecular weight excluding hydrogens is 556 g/mol. The van der Waals surface area contributed by atoms with Crippen LogP contribution in [-0.2, 0) is 9.53 Å². The zero-order chi connectivity index (χ0) is 30.6. The van der Waals surface area contributed by atoms with Crippen molar-refractivity contribution in [3.05, 3.63) is 65.2 Å². The van der Waals surface area contributed by atoms with Crippen LogP contribution in [0.3, 0.4) is 0 Å². The number of hydrogen-bond donors (Lipinski definition) is 4. The van der Waals surface area contributed by atoms with Gasteiger partial charge in [0.25, 0.3) is 11.8 Å². The van der Waals surface area contributed by atoms with Crippen molar-refractivity contribution in [1.29, 1.82) is 5.41 Å². The Hall–Kier alpha value is -4.98. The molecule has 0 saturated carbocycles. The van der Waals surface area contributed by atoms with Gasteiger partial charge >= 0.3 is 5.97 Å². The van der Waals surface area contributed by atoms with Crippen molar-refractivity contribution in [3.63, 3.8) is 0 Å². The SMILES string of the molecule is CCOC(=O)C(Oc1c(F)c(Oc2cccc(C3=NCCN3C)c2)nc(Oc2cc(C(=N)N)ccc2O)c1F)C(C)O. The van der Waals surface area contributed by atoms with E-state index in [0.29, 0.717) is 17.9 Å². The fraction of sp³-hybridized carbons (Fsp3) is 0.286. The number of esters is 1. The lowest BCUT2D eigenvalue weighted by Gasteiger charge is -2.22. The number of likely N-dealkylation sites (N-methyl/N-ethyl adjacent to an activating group) is 1. The molecule has 222 valence electrons. The number of rotatable bonds is 11. The minimum absolute atomic E-state index is 0.0853. The third-order valence-corrected chi connectivity index (χ3v) is 6.02. The molecule has 0 amide bonds. The molecule has 12 nitrogen and oxygen atoms in total. The summed E-state index contributed by atoms with van der Waals surface area (Å²) in [5.41, 5.74) is 6.30. The third-order valence-electron chi connectivity index (χ3n) is 6.02. The topological polar surface area (TPSA) is 173 Å². The molecule has 1 aromatic heterocycles. The van der Waals surface area contributed by atoms with E-state index in [9.17, 15) is 15.0 Å². The number of amidine groups is 2. The number of pyridine rings is 1. The molecule has 0 aliphatic carbocycles. The second kappa shape index (κ2) is 12.7. The summed E-state index contributed by atoms with van der Waals surface area (Å²) in [6.07, 6.45) is -3.37. The van der Waals surface area contributed by atoms with E-state index in [4.69, 9.17) is 30.1 Å². The summed E-state index contributed by atoms with van der Waals surface area (Å²) in [7, 11) is 1.87. The van der Waals surface area contributed by atoms with Gasteiger partial charge in [-0.2, -0.15) is 13.8 Å². The maximum Gasteiger partial charge on any atom is 0.350 e. The monoisotopic (exact) mass is 585 g/mol. The number of halogens is 2. The standard InChI is InChI=1S/C28H29F2N5O7/c1-4-39-28(38)22(14(2)36)42-23-20(29)26(40-17-7-5-6-16(12-17)25-33-10-11-35(25)3)34-27(21(23)30)41-19-13-15(24(31)32)8-9-18(19)37/h5-9,12-14,22,36-37H,4,10-11H2,1-3H3,(H3,31,32). The molecule has 2 heterocycles. The normalized spacial score (nSPS) is 14.1. The van der Waals surface area contributed by atoms with E-state index in [1.54, 1.807) is 18.2 Å². The van der Waals surface area contributed by atoms with Gasteiger partial charge in [0.2, 0.25) is 23.5 Å². The number of aromatic hydroxyl groups is 1. The van der Waals surface area contributed by atoms with Crippen molar-refractivity contribution in [2.45, 2.75) is 26.1 Å². The number of ether oxygens (including phenoxy) is 4. The Morgan fingerprint density at radius 1 is 1.17 bits per heavy atom. The Bertz CT molecular complexity index is 1530. The van der Waals surface area contributed by atoms with Gasteiger partial charge in [-0.05, 0) is 44.2 Å². The molecule has 0 radical (unpaired) electrons. The minimum atomic E-state index is -1.83. The quantitative estimate of drug-likeness (QED) is 0.149. The Labute approximate surface area is 239 Å². The van der Waals surface area contributed by atoms with Crippen LogP contribution >= 0.6 is 0 Å². The fourth-order valence-corrected chi connectivity index (χ4v) is 3.94. The van der Waals surface area contributed by atoms with Crippen LogP contribution in [0.1, 0.15) is 25.0 Å². The van der Waals surface area contributed by atoms with Crippen LogP contribution in [0.5, 0.6) is 34.8 Å². The van der Waals surface area contributed by atoms with Crippen molar-refractivity contribution in [2.75, 3.05) is 26.7 Å². The molecule has 0 saturated heterocycles. The molecule has 2 unspecified atom stereocenters. The molecule has 1 aliphatic heterocycles. The third kappa shape index (κ3) is 6.49. The molecule has 4 rings (SSSR count). The van der Waals surface area contributed by atoms with Crippen LogP contribution in [0, 0.1) is 17.0 Å². The van der Waals surface area contributed by atoms with Gasteiger partial charge < -0.3 is 39.8 Å². The lowest BCUT2D eigenvalue weighted by Crippen LogP contribution is -2.39. The van der Waals surface area contributed by atoms with Gasteiger partial charge in [-0.25, -0.2) is 4.79 Å². The maximum absolute atomic E-state index is 15.8. The average Bonchev–Trinajstić information content (AvgIpc) is 3.38. The number of nitrogens with one attached hydrogen (secondary N) is 1. The first-order chi connectivity index (χ1) is 20.0. The number of nitrogens with zero attached hydrogens (tertiary/aromatic N) is 3. The Balaban J connectivity index is 1.80. The van der Waals surface area contributed by atoms with Crippen LogP contribution in [0.4, 0.5) is 8.78 Å². The second-order valence-corrected chi connectivity index (χ2v) is 9.17. The minimum Gasteiger partial charge on any atom is -0.504 e. The van der Waals surface area contributed by atoms with E-state index < -0.39 is 53.1 Å². The summed E-state index contributed by atoms with van der Waals surface area (Å²) in [6, 6.07) is 10.1. The van der Waals surface area contributed by atoms with Gasteiger partial charge in [-0.15, -0.1) is 0 Å². The molecule has 5 N–H and O–H groups in total. The Morgan fingerprint density at radius 3 is 2.50 bits per heavy atom. The molecule has 3 aromatic rings. The zero-order valence-electron chi connectivity index (χ0n) is 22.9. The number of phenols is 1. The van der Waals surface area contributed by atoms with E-state index in [-0.39, 0.29) is 29.5 Å². The molecule has 1 aliphatic rings. The van der Waals surface area contributed by atoms with Gasteiger partial charge in [0.05, 0.1) is 19.3 Å². The van der Waals surface area contributed by atoms with Crippen LogP contribution in [-0.4, -0.2) is 76.7 Å². The molecule has 2 atom stereocenters. The molecular formula is C28H29F2N5O7. The number of phenolic OH excluding ortho intramolecular Hbond substituents is 1. The maximum atomic E-state index is 15.8. The number of nitrogens with two attached hydrogens (primary N) is 1. The first kappa shape index (κ1) is 30.0. The summed E-state index contributed by atoms with van der Waals surface area (Å²) in [5.74, 6) is -7.35. The Kier molecular flexibility index (Phi) is 9.06. The summed E-state index contributed by atoms with van der Waals surface area (Å²) in [5, 5.41) is 28.0. The molecule has 0 spiro atoms. The van der Waals surface area contributed by atoms with Gasteiger partial charge in [0.15, 0.2) is 11.5 Å². The summed E-state index contributed by atoms with van der Waals surface area (Å²) < 4.78 is 52.8. The van der Waals surface area contributed by atoms with Crippen LogP contribution in [0.2, 0.25) is 0 Å². The first-order valence-corrected chi connectivity index (χ1v) is 12.8. The number of benzene rings is 2. The lowest BCUT2D eigenvalue weighted by atomic mass is 10.2. The van der Waals surface area contributed by atoms with Crippen molar-refractivity contribution in [2.24, 2.45) is 10.7 Å². The zero-order valence-corrected chi connectivity index (χ0v) is 22.9. The summed E-state index contributed by atoms with van der Waals surface area (Å²) in [6.45, 7) is 3.92. The van der Waals surface area contributed by atoms with E-state index in [1.807, 2.05) is 11.9 Å². The highest BCUT2D eigenvalue weighted by atomic mass is 19.1. The van der Waals surface area contributed by atoms with Gasteiger partial charge in [-0.1, -0.05) is 12.1 Å². The number of aliphatic hydroxyl groups excluding tert-OH is 1. The highest BCUT2D eigenvalue weighted by Gasteiger charge is 2.33. The number of nitrogen functional groups attached to an aromatic ring is 1. The van der Waals surface area contributed by atoms with E-state index in [2.05, 4.69) is 9.98 Å². The Morgan fingerprint density at radius 2 is 1.88 bits per heavy atom. The molecule has 0 fully saturated rings. The number of aliphatic hydroxyl groups is 1. The summed E-state index contributed by atoms with van der Waals surface area (Å²) >= 11 is 0. The molecule has 0 bridgehead atoms. The second-order valence-electron chi connectivity index (χ2n) is 9.17. The number of hydrogen-bond acceptors (Lipinski definition) is 11. The van der Waals surface area contributed by atoms with Gasteiger partial charge in [0, 0.05) is 24.7 Å². The van der Waals surface area contributed by atoms with E-state index in [1.165, 1.54) is 26.0 Å². The molecule has 14 heteroatoms. The number of aromatic nitrogens is 1. The number of carbonyl (C=O) groups is 1. The van der Waals surface area contributed by atoms with Crippen molar-refractivity contribution >= 4 is 17.6 Å². The molecule has 42 heavy (non-hydrogen) atoms. The fourth-order valence-electron chi connectivity index (χ4n) is 3.94. The highest BCUT2D eigenvalue weighted by molar-refractivity contribution is 6.00. The lowest BCUT2D eigenvalue weighted by molar-refractivity contribution is -0.156. The van der Waals surface area contributed by atoms with E-state index >= 15 is 8.78 Å².